The van der Waals surface area contributed by atoms with Crippen LogP contribution in [-0.4, -0.2) is 56.1 Å². The summed E-state index contributed by atoms with van der Waals surface area (Å²) < 4.78 is 11.1. The number of fused-ring (bicyclic) bond motifs is 1. The highest BCUT2D eigenvalue weighted by Gasteiger charge is 2.32. The number of methoxy groups -OCH3 is 1. The van der Waals surface area contributed by atoms with E-state index in [9.17, 15) is 9.59 Å². The van der Waals surface area contributed by atoms with E-state index in [2.05, 4.69) is 10.2 Å². The first-order chi connectivity index (χ1) is 15.1. The van der Waals surface area contributed by atoms with Crippen molar-refractivity contribution < 1.29 is 19.1 Å². The number of para-hydroxylation sites is 1. The molecule has 0 aromatic heterocycles. The number of likely N-dealkylation sites (tertiary alicyclic amines) is 1. The van der Waals surface area contributed by atoms with Crippen LogP contribution in [0.4, 0.5) is 11.4 Å². The van der Waals surface area contributed by atoms with Gasteiger partial charge in [-0.3, -0.25) is 9.59 Å². The van der Waals surface area contributed by atoms with Crippen molar-refractivity contribution >= 4 is 23.2 Å². The second kappa shape index (κ2) is 9.39. The minimum Gasteiger partial charge on any atom is -0.496 e. The molecule has 31 heavy (non-hydrogen) atoms. The van der Waals surface area contributed by atoms with Gasteiger partial charge >= 0.3 is 0 Å². The zero-order chi connectivity index (χ0) is 21.8. The van der Waals surface area contributed by atoms with Crippen LogP contribution in [0.15, 0.2) is 42.5 Å². The Bertz CT molecular complexity index is 956. The molecule has 0 aliphatic carbocycles. The molecule has 2 aromatic rings. The Morgan fingerprint density at radius 1 is 1.13 bits per heavy atom. The smallest absolute Gasteiger partial charge is 0.267 e. The van der Waals surface area contributed by atoms with Crippen molar-refractivity contribution in [1.82, 2.24) is 4.90 Å². The summed E-state index contributed by atoms with van der Waals surface area (Å²) in [5, 5.41) is 2.91. The molecule has 1 saturated heterocycles. The molecule has 2 aliphatic rings. The van der Waals surface area contributed by atoms with Crippen molar-refractivity contribution in [2.24, 2.45) is 0 Å². The van der Waals surface area contributed by atoms with Gasteiger partial charge in [-0.1, -0.05) is 18.6 Å². The molecule has 2 aromatic carbocycles. The van der Waals surface area contributed by atoms with E-state index in [1.807, 2.05) is 18.2 Å². The maximum Gasteiger partial charge on any atom is 0.267 e. The van der Waals surface area contributed by atoms with Gasteiger partial charge in [0.05, 0.1) is 18.4 Å². The molecule has 7 heteroatoms. The van der Waals surface area contributed by atoms with Crippen LogP contribution in [0.3, 0.4) is 0 Å². The molecule has 2 aliphatic heterocycles. The van der Waals surface area contributed by atoms with E-state index in [-0.39, 0.29) is 11.8 Å². The summed E-state index contributed by atoms with van der Waals surface area (Å²) >= 11 is 0. The number of amides is 2. The summed E-state index contributed by atoms with van der Waals surface area (Å²) in [5.41, 5.74) is 1.74. The van der Waals surface area contributed by atoms with Crippen molar-refractivity contribution in [3.63, 3.8) is 0 Å². The second-order valence-corrected chi connectivity index (χ2v) is 7.99. The fraction of sp³-hybridized carbons (Fsp3) is 0.417. The first-order valence-electron chi connectivity index (χ1n) is 10.9. The summed E-state index contributed by atoms with van der Waals surface area (Å²) in [6.07, 6.45) is 3.18. The third kappa shape index (κ3) is 4.66. The van der Waals surface area contributed by atoms with Crippen LogP contribution >= 0.6 is 0 Å². The molecule has 1 N–H and O–H groups in total. The molecule has 0 spiro atoms. The average molecular weight is 424 g/mol. The third-order valence-electron chi connectivity index (χ3n) is 5.87. The van der Waals surface area contributed by atoms with Crippen molar-refractivity contribution in [3.05, 3.63) is 48.0 Å². The quantitative estimate of drug-likeness (QED) is 0.770. The number of carbonyl (C=O) groups excluding carboxylic acids is 2. The summed E-state index contributed by atoms with van der Waals surface area (Å²) in [7, 11) is 1.54. The predicted molar refractivity (Wildman–Crippen MR) is 120 cm³/mol. The van der Waals surface area contributed by atoms with Gasteiger partial charge in [-0.15, -0.1) is 0 Å². The van der Waals surface area contributed by atoms with Gasteiger partial charge in [-0.25, -0.2) is 0 Å². The number of carbonyl (C=O) groups is 2. The zero-order valence-corrected chi connectivity index (χ0v) is 18.1. The number of ether oxygens (including phenoxy) is 2. The van der Waals surface area contributed by atoms with E-state index in [0.29, 0.717) is 35.0 Å². The highest BCUT2D eigenvalue weighted by Crippen LogP contribution is 2.36. The summed E-state index contributed by atoms with van der Waals surface area (Å²) in [4.78, 5) is 29.9. The Kier molecular flexibility index (Phi) is 6.42. The minimum atomic E-state index is -0.525. The van der Waals surface area contributed by atoms with Crippen molar-refractivity contribution in [1.29, 1.82) is 0 Å². The van der Waals surface area contributed by atoms with Crippen LogP contribution < -0.4 is 19.7 Å². The third-order valence-corrected chi connectivity index (χ3v) is 5.87. The van der Waals surface area contributed by atoms with E-state index >= 15 is 0 Å². The number of benzene rings is 2. The van der Waals surface area contributed by atoms with Crippen LogP contribution in [-0.2, 0) is 4.79 Å². The lowest BCUT2D eigenvalue weighted by Crippen LogP contribution is -2.48. The molecule has 2 amide bonds. The van der Waals surface area contributed by atoms with Crippen LogP contribution in [0.2, 0.25) is 0 Å². The SMILES string of the molecule is COc1ccccc1C(=O)Nc1ccc2c(c1)N(CCN1CCCCC1)C(=O)C(C)O2. The summed E-state index contributed by atoms with van der Waals surface area (Å²) in [5.74, 6) is 0.834. The Morgan fingerprint density at radius 3 is 2.68 bits per heavy atom. The van der Waals surface area contributed by atoms with Gasteiger partial charge < -0.3 is 24.6 Å². The molecule has 2 heterocycles. The van der Waals surface area contributed by atoms with Crippen LogP contribution in [0.25, 0.3) is 0 Å². The number of hydrogen-bond acceptors (Lipinski definition) is 5. The van der Waals surface area contributed by atoms with E-state index < -0.39 is 6.10 Å². The predicted octanol–water partition coefficient (Wildman–Crippen LogP) is 3.55. The van der Waals surface area contributed by atoms with E-state index in [4.69, 9.17) is 9.47 Å². The number of hydrogen-bond donors (Lipinski definition) is 1. The summed E-state index contributed by atoms with van der Waals surface area (Å²) in [6, 6.07) is 12.5. The first-order valence-corrected chi connectivity index (χ1v) is 10.9. The molecule has 7 nitrogen and oxygen atoms in total. The van der Waals surface area contributed by atoms with Crippen molar-refractivity contribution in [2.45, 2.75) is 32.3 Å². The molecule has 1 fully saturated rings. The number of nitrogens with zero attached hydrogens (tertiary/aromatic N) is 2. The lowest BCUT2D eigenvalue weighted by atomic mass is 10.1. The van der Waals surface area contributed by atoms with E-state index in [0.717, 1.165) is 19.6 Å². The Balaban J connectivity index is 1.54. The van der Waals surface area contributed by atoms with E-state index in [1.165, 1.54) is 26.4 Å². The molecule has 4 rings (SSSR count). The normalized spacial score (nSPS) is 18.8. The van der Waals surface area contributed by atoms with Crippen LogP contribution in [0.1, 0.15) is 36.5 Å². The molecular weight excluding hydrogens is 394 g/mol. The fourth-order valence-corrected chi connectivity index (χ4v) is 4.17. The average Bonchev–Trinajstić information content (AvgIpc) is 2.80. The van der Waals surface area contributed by atoms with Crippen molar-refractivity contribution in [2.75, 3.05) is 43.5 Å². The second-order valence-electron chi connectivity index (χ2n) is 7.99. The van der Waals surface area contributed by atoms with Crippen LogP contribution in [0.5, 0.6) is 11.5 Å². The molecule has 0 saturated carbocycles. The Morgan fingerprint density at radius 2 is 1.90 bits per heavy atom. The fourth-order valence-electron chi connectivity index (χ4n) is 4.17. The monoisotopic (exact) mass is 423 g/mol. The molecule has 164 valence electrons. The van der Waals surface area contributed by atoms with E-state index in [1.54, 1.807) is 36.1 Å². The highest BCUT2D eigenvalue weighted by atomic mass is 16.5. The number of piperidine rings is 1. The van der Waals surface area contributed by atoms with Gasteiger partial charge in [-0.2, -0.15) is 0 Å². The van der Waals surface area contributed by atoms with Gasteiger partial charge in [-0.05, 0) is 63.2 Å². The lowest BCUT2D eigenvalue weighted by molar-refractivity contribution is -0.125. The van der Waals surface area contributed by atoms with Gasteiger partial charge in [0, 0.05) is 18.8 Å². The Hall–Kier alpha value is -3.06. The zero-order valence-electron chi connectivity index (χ0n) is 18.1. The topological polar surface area (TPSA) is 71.1 Å². The Labute approximate surface area is 182 Å². The number of anilines is 2. The maximum absolute atomic E-state index is 12.9. The van der Waals surface area contributed by atoms with Gasteiger partial charge in [0.1, 0.15) is 11.5 Å². The molecule has 0 bridgehead atoms. The first kappa shape index (κ1) is 21.2. The minimum absolute atomic E-state index is 0.0577. The van der Waals surface area contributed by atoms with Gasteiger partial charge in [0.15, 0.2) is 6.10 Å². The number of rotatable bonds is 6. The molecule has 0 radical (unpaired) electrons. The summed E-state index contributed by atoms with van der Waals surface area (Å²) in [6.45, 7) is 5.36. The highest BCUT2D eigenvalue weighted by molar-refractivity contribution is 6.07. The maximum atomic E-state index is 12.9. The lowest BCUT2D eigenvalue weighted by Gasteiger charge is -2.35. The standard InChI is InChI=1S/C24H29N3O4/c1-17-24(29)27(15-14-26-12-6-3-7-13-26)20-16-18(10-11-22(20)31-17)25-23(28)19-8-4-5-9-21(19)30-2/h4-5,8-11,16-17H,3,6-7,12-15H2,1-2H3,(H,25,28). The van der Waals surface area contributed by atoms with Crippen molar-refractivity contribution in [3.8, 4) is 11.5 Å². The largest absolute Gasteiger partial charge is 0.496 e. The molecular formula is C24H29N3O4. The van der Waals surface area contributed by atoms with Gasteiger partial charge in [0.25, 0.3) is 11.8 Å². The molecule has 1 atom stereocenters. The molecule has 1 unspecified atom stereocenters. The number of nitrogens with one attached hydrogen (secondary N) is 1. The van der Waals surface area contributed by atoms with Gasteiger partial charge in [0.2, 0.25) is 0 Å². The van der Waals surface area contributed by atoms with Crippen LogP contribution in [0, 0.1) is 0 Å².